The summed E-state index contributed by atoms with van der Waals surface area (Å²) in [7, 11) is 0. The first-order valence-electron chi connectivity index (χ1n) is 6.45. The Hall–Kier alpha value is -3.06. The lowest BCUT2D eigenvalue weighted by atomic mass is 10.1. The number of fused-ring (bicyclic) bond motifs is 1. The summed E-state index contributed by atoms with van der Waals surface area (Å²) in [6, 6.07) is 14.6. The van der Waals surface area contributed by atoms with Gasteiger partial charge in [0.15, 0.2) is 0 Å². The van der Waals surface area contributed by atoms with Crippen LogP contribution in [0.15, 0.2) is 48.7 Å². The van der Waals surface area contributed by atoms with Gasteiger partial charge in [-0.1, -0.05) is 18.2 Å². The van der Waals surface area contributed by atoms with Crippen LogP contribution in [0.1, 0.15) is 21.5 Å². The number of nitrogens with zero attached hydrogens (tertiary/aromatic N) is 2. The Kier molecular flexibility index (Phi) is 2.96. The lowest BCUT2D eigenvalue weighted by Crippen LogP contribution is -1.95. The summed E-state index contributed by atoms with van der Waals surface area (Å²) in [5, 5.41) is 18.2. The number of hydrogen-bond acceptors (Lipinski definition) is 2. The Morgan fingerprint density at radius 2 is 1.90 bits per heavy atom. The first-order valence-corrected chi connectivity index (χ1v) is 6.45. The summed E-state index contributed by atoms with van der Waals surface area (Å²) < 4.78 is 1.96. The van der Waals surface area contributed by atoms with Gasteiger partial charge in [0.25, 0.3) is 0 Å². The molecule has 2 aromatic heterocycles. The summed E-state index contributed by atoms with van der Waals surface area (Å²) in [6.07, 6.45) is 1.97. The molecule has 4 nitrogen and oxygen atoms in total. The summed E-state index contributed by atoms with van der Waals surface area (Å²) in [4.78, 5) is 10.9. The fraction of sp³-hybridized carbons (Fsp3) is 0.0588. The molecule has 102 valence electrons. The van der Waals surface area contributed by atoms with Gasteiger partial charge in [-0.15, -0.1) is 0 Å². The zero-order valence-electron chi connectivity index (χ0n) is 11.4. The van der Waals surface area contributed by atoms with Gasteiger partial charge < -0.3 is 9.51 Å². The van der Waals surface area contributed by atoms with Gasteiger partial charge in [-0.05, 0) is 42.3 Å². The van der Waals surface area contributed by atoms with E-state index in [1.807, 2.05) is 35.7 Å². The van der Waals surface area contributed by atoms with Gasteiger partial charge in [-0.2, -0.15) is 5.26 Å². The average Bonchev–Trinajstić information content (AvgIpc) is 2.85. The highest BCUT2D eigenvalue weighted by Crippen LogP contribution is 2.26. The predicted molar refractivity (Wildman–Crippen MR) is 79.2 cm³/mol. The van der Waals surface area contributed by atoms with Gasteiger partial charge in [0.1, 0.15) is 6.07 Å². The summed E-state index contributed by atoms with van der Waals surface area (Å²) >= 11 is 0. The number of nitriles is 1. The van der Waals surface area contributed by atoms with Crippen LogP contribution in [0.4, 0.5) is 0 Å². The number of aromatic carboxylic acids is 1. The SMILES string of the molecule is Cc1ccc2c(C#N)cc(-c3ccc(C(=O)O)cc3)n2c1. The molecule has 0 aliphatic rings. The molecule has 21 heavy (non-hydrogen) atoms. The van der Waals surface area contributed by atoms with E-state index in [-0.39, 0.29) is 5.56 Å². The van der Waals surface area contributed by atoms with Crippen molar-refractivity contribution in [2.45, 2.75) is 6.92 Å². The first-order chi connectivity index (χ1) is 10.1. The quantitative estimate of drug-likeness (QED) is 0.779. The number of carboxylic acids is 1. The normalized spacial score (nSPS) is 10.5. The Morgan fingerprint density at radius 3 is 2.52 bits per heavy atom. The van der Waals surface area contributed by atoms with Crippen LogP contribution in [0.25, 0.3) is 16.8 Å². The number of hydrogen-bond donors (Lipinski definition) is 1. The van der Waals surface area contributed by atoms with Crippen LogP contribution in [0.5, 0.6) is 0 Å². The van der Waals surface area contributed by atoms with Crippen molar-refractivity contribution in [2.75, 3.05) is 0 Å². The van der Waals surface area contributed by atoms with Crippen molar-refractivity contribution in [3.05, 3.63) is 65.4 Å². The van der Waals surface area contributed by atoms with Gasteiger partial charge in [-0.3, -0.25) is 0 Å². The number of benzene rings is 1. The van der Waals surface area contributed by atoms with E-state index in [2.05, 4.69) is 6.07 Å². The Balaban J connectivity index is 2.22. The number of pyridine rings is 1. The van der Waals surface area contributed by atoms with E-state index in [4.69, 9.17) is 5.11 Å². The van der Waals surface area contributed by atoms with Crippen molar-refractivity contribution in [3.8, 4) is 17.3 Å². The van der Waals surface area contributed by atoms with E-state index in [0.29, 0.717) is 5.56 Å². The molecule has 0 spiro atoms. The molecular weight excluding hydrogens is 264 g/mol. The maximum Gasteiger partial charge on any atom is 0.335 e. The monoisotopic (exact) mass is 276 g/mol. The van der Waals surface area contributed by atoms with Crippen LogP contribution in [0, 0.1) is 18.3 Å². The third-order valence-corrected chi connectivity index (χ3v) is 3.46. The van der Waals surface area contributed by atoms with E-state index >= 15 is 0 Å². The molecule has 4 heteroatoms. The molecule has 0 radical (unpaired) electrons. The summed E-state index contributed by atoms with van der Waals surface area (Å²) in [6.45, 7) is 1.99. The van der Waals surface area contributed by atoms with Crippen LogP contribution < -0.4 is 0 Å². The maximum absolute atomic E-state index is 10.9. The fourth-order valence-electron chi connectivity index (χ4n) is 2.40. The topological polar surface area (TPSA) is 65.5 Å². The number of carboxylic acid groups (broad SMARTS) is 1. The second kappa shape index (κ2) is 4.80. The highest BCUT2D eigenvalue weighted by molar-refractivity contribution is 5.88. The molecule has 0 fully saturated rings. The Morgan fingerprint density at radius 1 is 1.19 bits per heavy atom. The van der Waals surface area contributed by atoms with E-state index in [1.54, 1.807) is 24.3 Å². The zero-order valence-corrected chi connectivity index (χ0v) is 11.4. The van der Waals surface area contributed by atoms with Crippen molar-refractivity contribution in [1.29, 1.82) is 5.26 Å². The van der Waals surface area contributed by atoms with Gasteiger partial charge in [0, 0.05) is 6.20 Å². The lowest BCUT2D eigenvalue weighted by Gasteiger charge is -2.05. The second-order valence-electron chi connectivity index (χ2n) is 4.90. The van der Waals surface area contributed by atoms with Crippen LogP contribution in [-0.4, -0.2) is 15.5 Å². The molecule has 0 atom stereocenters. The van der Waals surface area contributed by atoms with E-state index in [1.165, 1.54) is 0 Å². The molecule has 0 aliphatic heterocycles. The predicted octanol–water partition coefficient (Wildman–Crippen LogP) is 3.48. The molecule has 2 heterocycles. The molecule has 0 unspecified atom stereocenters. The van der Waals surface area contributed by atoms with Crippen molar-refractivity contribution in [1.82, 2.24) is 4.40 Å². The molecule has 1 aromatic carbocycles. The highest BCUT2D eigenvalue weighted by Gasteiger charge is 2.11. The molecular formula is C17H12N2O2. The van der Waals surface area contributed by atoms with Gasteiger partial charge in [0.2, 0.25) is 0 Å². The summed E-state index contributed by atoms with van der Waals surface area (Å²) in [5.74, 6) is -0.949. The largest absolute Gasteiger partial charge is 0.478 e. The van der Waals surface area contributed by atoms with Crippen molar-refractivity contribution in [2.24, 2.45) is 0 Å². The van der Waals surface area contributed by atoms with Crippen molar-refractivity contribution >= 4 is 11.5 Å². The standard InChI is InChI=1S/C17H12N2O2/c1-11-2-7-15-14(9-18)8-16(19(15)10-11)12-3-5-13(6-4-12)17(20)21/h2-8,10H,1H3,(H,20,21). The molecule has 0 aliphatic carbocycles. The third kappa shape index (κ3) is 2.15. The zero-order chi connectivity index (χ0) is 15.0. The molecule has 0 saturated carbocycles. The van der Waals surface area contributed by atoms with Crippen LogP contribution >= 0.6 is 0 Å². The molecule has 0 amide bonds. The van der Waals surface area contributed by atoms with Crippen molar-refractivity contribution < 1.29 is 9.90 Å². The number of carbonyl (C=O) groups is 1. The fourth-order valence-corrected chi connectivity index (χ4v) is 2.40. The molecule has 0 bridgehead atoms. The van der Waals surface area contributed by atoms with E-state index < -0.39 is 5.97 Å². The van der Waals surface area contributed by atoms with Crippen molar-refractivity contribution in [3.63, 3.8) is 0 Å². The van der Waals surface area contributed by atoms with Gasteiger partial charge in [-0.25, -0.2) is 4.79 Å². The van der Waals surface area contributed by atoms with E-state index in [0.717, 1.165) is 22.3 Å². The molecule has 0 saturated heterocycles. The minimum absolute atomic E-state index is 0.247. The average molecular weight is 276 g/mol. The van der Waals surface area contributed by atoms with E-state index in [9.17, 15) is 10.1 Å². The Labute approximate surface area is 121 Å². The second-order valence-corrected chi connectivity index (χ2v) is 4.90. The third-order valence-electron chi connectivity index (χ3n) is 3.46. The first kappa shape index (κ1) is 12.9. The van der Waals surface area contributed by atoms with Gasteiger partial charge in [0.05, 0.1) is 22.3 Å². The maximum atomic E-state index is 10.9. The smallest absolute Gasteiger partial charge is 0.335 e. The van der Waals surface area contributed by atoms with Crippen LogP contribution in [-0.2, 0) is 0 Å². The molecule has 3 rings (SSSR count). The molecule has 1 N–H and O–H groups in total. The van der Waals surface area contributed by atoms with Crippen LogP contribution in [0.2, 0.25) is 0 Å². The number of aromatic nitrogens is 1. The summed E-state index contributed by atoms with van der Waals surface area (Å²) in [5.41, 5.74) is 4.54. The lowest BCUT2D eigenvalue weighted by molar-refractivity contribution is 0.0697. The minimum atomic E-state index is -0.949. The highest BCUT2D eigenvalue weighted by atomic mass is 16.4. The minimum Gasteiger partial charge on any atom is -0.478 e. The number of aryl methyl sites for hydroxylation is 1. The molecule has 3 aromatic rings. The number of rotatable bonds is 2. The van der Waals surface area contributed by atoms with Crippen LogP contribution in [0.3, 0.4) is 0 Å². The van der Waals surface area contributed by atoms with Gasteiger partial charge >= 0.3 is 5.97 Å². The Bertz CT molecular complexity index is 884.